The monoisotopic (exact) mass is 473 g/mol. The molecule has 89 valence electrons. The van der Waals surface area contributed by atoms with Crippen LogP contribution in [0.3, 0.4) is 0 Å². The van der Waals surface area contributed by atoms with Crippen molar-refractivity contribution in [2.75, 3.05) is 6.79 Å². The molecule has 0 aromatic heterocycles. The number of carbonyl (C=O) groups excluding carboxylic acids is 1. The summed E-state index contributed by atoms with van der Waals surface area (Å²) in [6.45, 7) is 1.98. The molecule has 0 spiro atoms. The van der Waals surface area contributed by atoms with Crippen LogP contribution < -0.4 is 14.8 Å². The molecule has 1 aliphatic heterocycles. The Balaban J connectivity index is 0. The fourth-order valence-corrected chi connectivity index (χ4v) is 1.39. The number of carbonyl (C=O) groups is 1. The number of nitrogens with one attached hydrogen (secondary N) is 1. The maximum Gasteiger partial charge on any atom is 0.231 e. The average Bonchev–Trinajstić information content (AvgIpc) is 2.73. The van der Waals surface area contributed by atoms with E-state index in [1.807, 2.05) is 0 Å². The zero-order valence-corrected chi connectivity index (χ0v) is 18.7. The molecule has 3 radical (unpaired) electrons. The van der Waals surface area contributed by atoms with E-state index in [2.05, 4.69) is 12.4 Å². The number of ketones is 1. The van der Waals surface area contributed by atoms with Gasteiger partial charge in [0.05, 0.1) is 0 Å². The van der Waals surface area contributed by atoms with E-state index in [9.17, 15) is 4.79 Å². The zero-order valence-electron chi connectivity index (χ0n) is 10.2. The quantitative estimate of drug-likeness (QED) is 0.533. The van der Waals surface area contributed by atoms with Gasteiger partial charge in [-0.1, -0.05) is 0 Å². The first-order valence-electron chi connectivity index (χ1n) is 4.69. The van der Waals surface area contributed by atoms with Crippen molar-refractivity contribution < 1.29 is 112 Å². The summed E-state index contributed by atoms with van der Waals surface area (Å²) in [4.78, 5) is 11.8. The molecule has 2 rings (SSSR count). The molecule has 4 nitrogen and oxygen atoms in total. The smallest absolute Gasteiger partial charge is 0.231 e. The van der Waals surface area contributed by atoms with Crippen molar-refractivity contribution in [3.63, 3.8) is 0 Å². The summed E-state index contributed by atoms with van der Waals surface area (Å²) in [5.41, 5.74) is 0.600. The molecular formula is C11H12NO3Y3-. The number of fused-ring (bicyclic) bond motifs is 1. The molecule has 0 saturated heterocycles. The fraction of sp³-hybridized carbons (Fsp3) is 0.273. The zero-order chi connectivity index (χ0) is 10.8. The van der Waals surface area contributed by atoms with Gasteiger partial charge in [-0.3, -0.25) is 11.8 Å². The van der Waals surface area contributed by atoms with Crippen molar-refractivity contribution in [3.8, 4) is 11.5 Å². The van der Waals surface area contributed by atoms with E-state index in [0.29, 0.717) is 17.1 Å². The van der Waals surface area contributed by atoms with Crippen LogP contribution in [-0.2, 0) is 98.1 Å². The van der Waals surface area contributed by atoms with Gasteiger partial charge in [-0.25, -0.2) is 0 Å². The van der Waals surface area contributed by atoms with E-state index in [4.69, 9.17) is 9.47 Å². The van der Waals surface area contributed by atoms with Gasteiger partial charge in [-0.05, 0) is 25.1 Å². The summed E-state index contributed by atoms with van der Waals surface area (Å²) in [5.74, 6) is 1.29. The first-order valence-corrected chi connectivity index (χ1v) is 4.69. The molecule has 0 fully saturated rings. The second-order valence-electron chi connectivity index (χ2n) is 3.36. The van der Waals surface area contributed by atoms with Crippen LogP contribution in [0, 0.1) is 7.05 Å². The Morgan fingerprint density at radius 2 is 1.89 bits per heavy atom. The molecule has 1 unspecified atom stereocenters. The number of ether oxygens (including phenoxy) is 2. The maximum absolute atomic E-state index is 11.8. The molecular weight excluding hydrogens is 461 g/mol. The van der Waals surface area contributed by atoms with E-state index >= 15 is 0 Å². The Hall–Kier alpha value is 1.76. The Morgan fingerprint density at radius 1 is 1.28 bits per heavy atom. The van der Waals surface area contributed by atoms with Crippen molar-refractivity contribution in [1.82, 2.24) is 5.32 Å². The Bertz CT molecular complexity index is 401. The molecule has 1 aliphatic rings. The fourth-order valence-electron chi connectivity index (χ4n) is 1.39. The minimum Gasteiger partial charge on any atom is -0.464 e. The molecule has 1 aromatic carbocycles. The van der Waals surface area contributed by atoms with Gasteiger partial charge in [0.25, 0.3) is 0 Å². The van der Waals surface area contributed by atoms with Crippen LogP contribution in [-0.4, -0.2) is 18.6 Å². The van der Waals surface area contributed by atoms with Crippen molar-refractivity contribution in [2.24, 2.45) is 0 Å². The molecule has 1 heterocycles. The summed E-state index contributed by atoms with van der Waals surface area (Å²) in [7, 11) is 3.48. The number of rotatable bonds is 3. The van der Waals surface area contributed by atoms with Crippen LogP contribution in [0.25, 0.3) is 0 Å². The summed E-state index contributed by atoms with van der Waals surface area (Å²) < 4.78 is 10.4. The molecule has 18 heavy (non-hydrogen) atoms. The van der Waals surface area contributed by atoms with E-state index in [-0.39, 0.29) is 117 Å². The molecule has 1 N–H and O–H groups in total. The normalized spacial score (nSPS) is 12.6. The van der Waals surface area contributed by atoms with Gasteiger partial charge in [-0.15, -0.1) is 0 Å². The molecule has 0 amide bonds. The largest absolute Gasteiger partial charge is 0.464 e. The van der Waals surface area contributed by atoms with Gasteiger partial charge in [0.2, 0.25) is 6.79 Å². The van der Waals surface area contributed by atoms with Gasteiger partial charge in [0.15, 0.2) is 17.3 Å². The molecule has 1 atom stereocenters. The number of hydrogen-bond donors (Lipinski definition) is 1. The summed E-state index contributed by atoms with van der Waals surface area (Å²) >= 11 is 0. The first kappa shape index (κ1) is 22.0. The van der Waals surface area contributed by atoms with Gasteiger partial charge in [-0.2, -0.15) is 0 Å². The molecule has 1 aromatic rings. The Kier molecular flexibility index (Phi) is 12.8. The van der Waals surface area contributed by atoms with Crippen LogP contribution >= 0.6 is 0 Å². The number of benzene rings is 1. The van der Waals surface area contributed by atoms with Crippen LogP contribution in [0.1, 0.15) is 17.3 Å². The minimum absolute atomic E-state index is 0. The van der Waals surface area contributed by atoms with Gasteiger partial charge >= 0.3 is 0 Å². The van der Waals surface area contributed by atoms with Crippen molar-refractivity contribution >= 4 is 5.78 Å². The van der Waals surface area contributed by atoms with Gasteiger partial charge in [0.1, 0.15) is 0 Å². The van der Waals surface area contributed by atoms with E-state index in [0.717, 1.165) is 0 Å². The summed E-state index contributed by atoms with van der Waals surface area (Å²) in [5, 5.41) is 2.66. The van der Waals surface area contributed by atoms with Gasteiger partial charge < -0.3 is 14.8 Å². The number of Topliss-reactive ketones (excluding diaryl/α,β-unsaturated/α-hetero) is 1. The van der Waals surface area contributed by atoms with E-state index < -0.39 is 0 Å². The van der Waals surface area contributed by atoms with Gasteiger partial charge in [0, 0.05) is 110 Å². The second kappa shape index (κ2) is 10.5. The van der Waals surface area contributed by atoms with Crippen LogP contribution in [0.5, 0.6) is 11.5 Å². The number of hydrogen-bond acceptors (Lipinski definition) is 4. The first-order chi connectivity index (χ1) is 7.22. The SMILES string of the molecule is [CH2-]NC(C)C(=O)c1ccc2c(c1)OCO2.[Y].[Y].[Y]. The average molecular weight is 473 g/mol. The van der Waals surface area contributed by atoms with Crippen molar-refractivity contribution in [3.05, 3.63) is 30.8 Å². The van der Waals surface area contributed by atoms with E-state index in [1.54, 1.807) is 25.1 Å². The molecule has 0 aliphatic carbocycles. The maximum atomic E-state index is 11.8. The molecule has 0 bridgehead atoms. The third-order valence-corrected chi connectivity index (χ3v) is 2.36. The van der Waals surface area contributed by atoms with Crippen LogP contribution in [0.15, 0.2) is 18.2 Å². The standard InChI is InChI=1S/C11H12NO3.3Y/c1-7(12-2)11(13)8-3-4-9-10(5-8)15-6-14-9;;;/h3-5,7,12H,2,6H2,1H3;;;/q-1;;;. The molecule has 0 saturated carbocycles. The predicted octanol–water partition coefficient (Wildman–Crippen LogP) is 1.36. The summed E-state index contributed by atoms with van der Waals surface area (Å²) in [6, 6.07) is 4.86. The topological polar surface area (TPSA) is 47.6 Å². The van der Waals surface area contributed by atoms with E-state index in [1.165, 1.54) is 0 Å². The predicted molar refractivity (Wildman–Crippen MR) is 54.9 cm³/mol. The van der Waals surface area contributed by atoms with Crippen LogP contribution in [0.4, 0.5) is 0 Å². The minimum atomic E-state index is -0.301. The third kappa shape index (κ3) is 5.27. The van der Waals surface area contributed by atoms with Crippen LogP contribution in [0.2, 0.25) is 0 Å². The Morgan fingerprint density at radius 3 is 2.50 bits per heavy atom. The Labute approximate surface area is 182 Å². The third-order valence-electron chi connectivity index (χ3n) is 2.36. The van der Waals surface area contributed by atoms with Crippen molar-refractivity contribution in [2.45, 2.75) is 13.0 Å². The van der Waals surface area contributed by atoms with Crippen molar-refractivity contribution in [1.29, 1.82) is 0 Å². The molecule has 7 heteroatoms. The second-order valence-corrected chi connectivity index (χ2v) is 3.36. The summed E-state index contributed by atoms with van der Waals surface area (Å²) in [6.07, 6.45) is 0.